The van der Waals surface area contributed by atoms with Gasteiger partial charge >= 0.3 is 0 Å². The molecule has 1 aromatic heterocycles. The van der Waals surface area contributed by atoms with E-state index < -0.39 is 0 Å². The number of carbonyl (C=O) groups is 1. The first-order valence-electron chi connectivity index (χ1n) is 8.67. The van der Waals surface area contributed by atoms with Crippen LogP contribution < -0.4 is 15.1 Å². The Morgan fingerprint density at radius 2 is 1.83 bits per heavy atom. The van der Waals surface area contributed by atoms with Crippen LogP contribution in [0.25, 0.3) is 0 Å². The molecule has 0 bridgehead atoms. The quantitative estimate of drug-likeness (QED) is 0.716. The Morgan fingerprint density at radius 3 is 2.50 bits per heavy atom. The van der Waals surface area contributed by atoms with Crippen molar-refractivity contribution in [1.82, 2.24) is 0 Å². The molecule has 5 heteroatoms. The molecule has 1 aromatic carbocycles. The molecule has 1 amide bonds. The number of thiophene rings is 1. The third-order valence-corrected chi connectivity index (χ3v) is 5.75. The molecular formula is C19H27N3OS+2. The van der Waals surface area contributed by atoms with Crippen molar-refractivity contribution in [3.8, 4) is 0 Å². The highest BCUT2D eigenvalue weighted by molar-refractivity contribution is 7.09. The van der Waals surface area contributed by atoms with E-state index in [-0.39, 0.29) is 5.91 Å². The average molecular weight is 346 g/mol. The van der Waals surface area contributed by atoms with Crippen molar-refractivity contribution < 1.29 is 14.6 Å². The van der Waals surface area contributed by atoms with Crippen LogP contribution in [0.3, 0.4) is 0 Å². The lowest BCUT2D eigenvalue weighted by Crippen LogP contribution is -3.28. The third kappa shape index (κ3) is 4.66. The number of anilines is 1. The van der Waals surface area contributed by atoms with Crippen molar-refractivity contribution >= 4 is 22.9 Å². The Morgan fingerprint density at radius 1 is 1.08 bits per heavy atom. The minimum absolute atomic E-state index is 0.120. The van der Waals surface area contributed by atoms with Crippen molar-refractivity contribution in [2.24, 2.45) is 0 Å². The predicted octanol–water partition coefficient (Wildman–Crippen LogP) is 0.287. The summed E-state index contributed by atoms with van der Waals surface area (Å²) < 4.78 is 0. The van der Waals surface area contributed by atoms with Gasteiger partial charge in [-0.25, -0.2) is 0 Å². The Labute approximate surface area is 148 Å². The van der Waals surface area contributed by atoms with Crippen LogP contribution in [0.2, 0.25) is 0 Å². The summed E-state index contributed by atoms with van der Waals surface area (Å²) in [5, 5.41) is 5.19. The van der Waals surface area contributed by atoms with E-state index in [0.717, 1.165) is 38.4 Å². The van der Waals surface area contributed by atoms with Gasteiger partial charge in [0.05, 0.1) is 4.88 Å². The Balaban J connectivity index is 1.43. The topological polar surface area (TPSA) is 38.0 Å². The fraction of sp³-hybridized carbons (Fsp3) is 0.421. The van der Waals surface area contributed by atoms with Gasteiger partial charge in [0.25, 0.3) is 5.91 Å². The van der Waals surface area contributed by atoms with E-state index in [1.54, 1.807) is 4.90 Å². The van der Waals surface area contributed by atoms with Gasteiger partial charge in [-0.1, -0.05) is 12.1 Å². The summed E-state index contributed by atoms with van der Waals surface area (Å²) >= 11 is 1.84. The van der Waals surface area contributed by atoms with Gasteiger partial charge in [0.15, 0.2) is 6.54 Å². The first kappa shape index (κ1) is 17.1. The molecule has 1 fully saturated rings. The summed E-state index contributed by atoms with van der Waals surface area (Å²) in [6.45, 7) is 10.3. The third-order valence-electron chi connectivity index (χ3n) is 4.87. The minimum Gasteiger partial charge on any atom is -0.321 e. The predicted molar refractivity (Wildman–Crippen MR) is 98.8 cm³/mol. The molecular weight excluding hydrogens is 318 g/mol. The second-order valence-corrected chi connectivity index (χ2v) is 7.81. The van der Waals surface area contributed by atoms with Gasteiger partial charge < -0.3 is 15.1 Å². The van der Waals surface area contributed by atoms with Crippen molar-refractivity contribution in [3.63, 3.8) is 0 Å². The maximum absolute atomic E-state index is 12.3. The molecule has 1 saturated heterocycles. The van der Waals surface area contributed by atoms with E-state index in [1.165, 1.54) is 20.9 Å². The lowest BCUT2D eigenvalue weighted by Gasteiger charge is -2.29. The first-order chi connectivity index (χ1) is 11.6. The number of amides is 1. The number of nitrogens with one attached hydrogen (secondary N) is 3. The highest BCUT2D eigenvalue weighted by Crippen LogP contribution is 2.13. The molecule has 0 aliphatic carbocycles. The van der Waals surface area contributed by atoms with Crippen molar-refractivity contribution in [1.29, 1.82) is 0 Å². The molecule has 3 rings (SSSR count). The smallest absolute Gasteiger partial charge is 0.279 e. The molecule has 0 unspecified atom stereocenters. The van der Waals surface area contributed by atoms with Crippen LogP contribution in [0.5, 0.6) is 0 Å². The number of quaternary nitrogens is 2. The highest BCUT2D eigenvalue weighted by Gasteiger charge is 2.25. The molecule has 128 valence electrons. The van der Waals surface area contributed by atoms with Crippen LogP contribution >= 0.6 is 11.3 Å². The van der Waals surface area contributed by atoms with Crippen molar-refractivity contribution in [3.05, 3.63) is 51.7 Å². The highest BCUT2D eigenvalue weighted by atomic mass is 32.1. The molecule has 2 aromatic rings. The summed E-state index contributed by atoms with van der Waals surface area (Å²) in [5.74, 6) is 0.120. The maximum atomic E-state index is 12.3. The van der Waals surface area contributed by atoms with Gasteiger partial charge in [-0.05, 0) is 48.6 Å². The fourth-order valence-electron chi connectivity index (χ4n) is 3.22. The summed E-state index contributed by atoms with van der Waals surface area (Å²) in [6.07, 6.45) is 0. The van der Waals surface area contributed by atoms with Gasteiger partial charge in [-0.2, -0.15) is 0 Å². The number of hydrogen-bond acceptors (Lipinski definition) is 2. The molecule has 0 radical (unpaired) electrons. The number of carbonyl (C=O) groups excluding carboxylic acids is 1. The number of benzene rings is 1. The SMILES string of the molecule is Cc1ccc(NC(=O)C[NH+]2CC[NH+](Cc3cccs3)CC2)cc1C. The fourth-order valence-corrected chi connectivity index (χ4v) is 4.00. The Kier molecular flexibility index (Phi) is 5.66. The molecule has 24 heavy (non-hydrogen) atoms. The lowest BCUT2D eigenvalue weighted by atomic mass is 10.1. The lowest BCUT2D eigenvalue weighted by molar-refractivity contribution is -1.01. The minimum atomic E-state index is 0.120. The standard InChI is InChI=1S/C19H25N3OS/c1-15-5-6-17(12-16(15)2)20-19(23)14-22-9-7-21(8-10-22)13-18-4-3-11-24-18/h3-6,11-12H,7-10,13-14H2,1-2H3,(H,20,23)/p+2. The average Bonchev–Trinajstić information content (AvgIpc) is 3.06. The van der Waals surface area contributed by atoms with E-state index in [0.29, 0.717) is 6.54 Å². The molecule has 1 aliphatic rings. The number of rotatable bonds is 5. The molecule has 0 spiro atoms. The summed E-state index contributed by atoms with van der Waals surface area (Å²) in [7, 11) is 0. The van der Waals surface area contributed by atoms with Gasteiger partial charge in [-0.3, -0.25) is 4.79 Å². The number of aryl methyl sites for hydroxylation is 2. The molecule has 0 saturated carbocycles. The molecule has 4 nitrogen and oxygen atoms in total. The van der Waals surface area contributed by atoms with E-state index in [1.807, 2.05) is 23.5 Å². The second kappa shape index (κ2) is 7.92. The van der Waals surface area contributed by atoms with Gasteiger partial charge in [-0.15, -0.1) is 11.3 Å². The maximum Gasteiger partial charge on any atom is 0.279 e. The largest absolute Gasteiger partial charge is 0.321 e. The van der Waals surface area contributed by atoms with Crippen molar-refractivity contribution in [2.45, 2.75) is 20.4 Å². The van der Waals surface area contributed by atoms with E-state index in [4.69, 9.17) is 0 Å². The van der Waals surface area contributed by atoms with Crippen LogP contribution in [0.4, 0.5) is 5.69 Å². The monoisotopic (exact) mass is 345 g/mol. The van der Waals surface area contributed by atoms with Crippen LogP contribution in [-0.4, -0.2) is 38.6 Å². The molecule has 1 aliphatic heterocycles. The molecule has 3 N–H and O–H groups in total. The summed E-state index contributed by atoms with van der Waals surface area (Å²) in [5.41, 5.74) is 3.37. The van der Waals surface area contributed by atoms with Crippen LogP contribution in [0, 0.1) is 13.8 Å². The summed E-state index contributed by atoms with van der Waals surface area (Å²) in [6, 6.07) is 10.4. The number of hydrogen-bond donors (Lipinski definition) is 3. The van der Waals surface area contributed by atoms with E-state index >= 15 is 0 Å². The zero-order valence-electron chi connectivity index (χ0n) is 14.5. The van der Waals surface area contributed by atoms with Crippen LogP contribution in [0.15, 0.2) is 35.7 Å². The molecule has 0 atom stereocenters. The zero-order valence-corrected chi connectivity index (χ0v) is 15.3. The van der Waals surface area contributed by atoms with Crippen LogP contribution in [0.1, 0.15) is 16.0 Å². The number of piperazine rings is 1. The normalized spacial score (nSPS) is 20.8. The van der Waals surface area contributed by atoms with Gasteiger partial charge in [0.1, 0.15) is 32.7 Å². The summed E-state index contributed by atoms with van der Waals surface area (Å²) in [4.78, 5) is 16.8. The Hall–Kier alpha value is -1.69. The van der Waals surface area contributed by atoms with E-state index in [2.05, 4.69) is 42.7 Å². The Bertz CT molecular complexity index is 676. The second-order valence-electron chi connectivity index (χ2n) is 6.78. The van der Waals surface area contributed by atoms with Crippen LogP contribution in [-0.2, 0) is 11.3 Å². The first-order valence-corrected chi connectivity index (χ1v) is 9.55. The van der Waals surface area contributed by atoms with E-state index in [9.17, 15) is 4.79 Å². The van der Waals surface area contributed by atoms with Gasteiger partial charge in [0, 0.05) is 5.69 Å². The van der Waals surface area contributed by atoms with Crippen molar-refractivity contribution in [2.75, 3.05) is 38.0 Å². The van der Waals surface area contributed by atoms with Gasteiger partial charge in [0.2, 0.25) is 0 Å². The molecule has 2 heterocycles. The zero-order chi connectivity index (χ0) is 16.9.